The van der Waals surface area contributed by atoms with Gasteiger partial charge in [0.25, 0.3) is 0 Å². The van der Waals surface area contributed by atoms with Crippen molar-refractivity contribution in [2.45, 2.75) is 63.2 Å². The van der Waals surface area contributed by atoms with Crippen molar-refractivity contribution in [2.24, 2.45) is 0 Å². The Morgan fingerprint density at radius 2 is 0.861 bits per heavy atom. The molecule has 202 valence electrons. The lowest BCUT2D eigenvalue weighted by atomic mass is 10.1. The smallest absolute Gasteiger partial charge is 0.373 e. The Kier molecular flexibility index (Phi) is 12.7. The lowest BCUT2D eigenvalue weighted by Gasteiger charge is -2.29. The van der Waals surface area contributed by atoms with E-state index >= 15 is 0 Å². The zero-order chi connectivity index (χ0) is 26.9. The van der Waals surface area contributed by atoms with Gasteiger partial charge < -0.3 is 26.6 Å². The van der Waals surface area contributed by atoms with Crippen LogP contribution in [0.3, 0.4) is 0 Å². The number of benzene rings is 2. The maximum absolute atomic E-state index is 5.87. The van der Waals surface area contributed by atoms with Gasteiger partial charge in [-0.15, -0.1) is 0 Å². The molecular weight excluding hydrogens is 529 g/mol. The Morgan fingerprint density at radius 1 is 0.556 bits per heavy atom. The number of aryl methyl sites for hydroxylation is 2. The first-order valence-corrected chi connectivity index (χ1v) is 17.8. The molecule has 36 heavy (non-hydrogen) atoms. The van der Waals surface area contributed by atoms with Gasteiger partial charge in [0.1, 0.15) is 0 Å². The van der Waals surface area contributed by atoms with Crippen LogP contribution >= 0.6 is 21.6 Å². The van der Waals surface area contributed by atoms with E-state index in [0.717, 1.165) is 36.1 Å². The summed E-state index contributed by atoms with van der Waals surface area (Å²) in [7, 11) is 7.60. The van der Waals surface area contributed by atoms with Gasteiger partial charge >= 0.3 is 17.6 Å². The van der Waals surface area contributed by atoms with Gasteiger partial charge in [0.15, 0.2) is 0 Å². The standard InChI is InChI=1S/C26H42O6S2Si2/c1-11-13-21-23(35(27-5,28-6)29-7)17-15-19(3)25(21)33-34-26-20(4)16-18-24(22(26)14-12-2)36(30-8,31-9)32-10/h15-18H,11-14H2,1-10H3. The molecule has 0 fully saturated rings. The van der Waals surface area contributed by atoms with Gasteiger partial charge in [-0.2, -0.15) is 0 Å². The van der Waals surface area contributed by atoms with Crippen LogP contribution in [0.5, 0.6) is 0 Å². The summed E-state index contributed by atoms with van der Waals surface area (Å²) in [5, 5.41) is 2.07. The molecule has 0 N–H and O–H groups in total. The van der Waals surface area contributed by atoms with Crippen molar-refractivity contribution in [1.82, 2.24) is 0 Å². The van der Waals surface area contributed by atoms with Gasteiger partial charge in [0.05, 0.1) is 0 Å². The van der Waals surface area contributed by atoms with Crippen molar-refractivity contribution in [2.75, 3.05) is 42.7 Å². The Labute approximate surface area is 227 Å². The van der Waals surface area contributed by atoms with Gasteiger partial charge in [-0.3, -0.25) is 0 Å². The number of rotatable bonds is 15. The summed E-state index contributed by atoms with van der Waals surface area (Å²) in [6.07, 6.45) is 3.85. The first-order chi connectivity index (χ1) is 17.3. The predicted octanol–water partition coefficient (Wildman–Crippen LogP) is 5.18. The third kappa shape index (κ3) is 6.31. The van der Waals surface area contributed by atoms with E-state index in [1.165, 1.54) is 32.0 Å². The van der Waals surface area contributed by atoms with Crippen LogP contribution in [-0.4, -0.2) is 60.3 Å². The van der Waals surface area contributed by atoms with Crippen LogP contribution in [0.25, 0.3) is 0 Å². The lowest BCUT2D eigenvalue weighted by Crippen LogP contribution is -2.56. The lowest BCUT2D eigenvalue weighted by molar-refractivity contribution is 0.139. The average molecular weight is 571 g/mol. The summed E-state index contributed by atoms with van der Waals surface area (Å²) >= 11 is 0. The molecule has 2 aromatic rings. The van der Waals surface area contributed by atoms with Gasteiger partial charge in [0, 0.05) is 62.8 Å². The molecule has 0 heterocycles. The van der Waals surface area contributed by atoms with Crippen molar-refractivity contribution >= 4 is 49.6 Å². The maximum atomic E-state index is 5.87. The van der Waals surface area contributed by atoms with Crippen molar-refractivity contribution in [3.63, 3.8) is 0 Å². The largest absolute Gasteiger partial charge is 0.536 e. The molecule has 0 atom stereocenters. The maximum Gasteiger partial charge on any atom is 0.536 e. The number of hydrogen-bond donors (Lipinski definition) is 0. The third-order valence-corrected chi connectivity index (χ3v) is 14.7. The fraction of sp³-hybridized carbons (Fsp3) is 0.538. The van der Waals surface area contributed by atoms with Crippen LogP contribution in [0.4, 0.5) is 0 Å². The first kappa shape index (κ1) is 31.6. The molecule has 0 aliphatic rings. The summed E-state index contributed by atoms with van der Waals surface area (Å²) in [6, 6.07) is 8.51. The second-order valence-corrected chi connectivity index (χ2v) is 16.4. The first-order valence-electron chi connectivity index (χ1n) is 12.2. The second-order valence-electron chi connectivity index (χ2n) is 8.48. The van der Waals surface area contributed by atoms with Crippen molar-refractivity contribution in [3.05, 3.63) is 46.5 Å². The van der Waals surface area contributed by atoms with E-state index in [-0.39, 0.29) is 0 Å². The zero-order valence-corrected chi connectivity index (χ0v) is 27.0. The van der Waals surface area contributed by atoms with Crippen molar-refractivity contribution < 1.29 is 26.6 Å². The summed E-state index contributed by atoms with van der Waals surface area (Å²) in [4.78, 5) is 2.48. The molecular formula is C26H42O6S2Si2. The molecule has 6 nitrogen and oxygen atoms in total. The molecule has 2 aromatic carbocycles. The van der Waals surface area contributed by atoms with E-state index in [1.54, 1.807) is 64.2 Å². The molecule has 0 radical (unpaired) electrons. The quantitative estimate of drug-likeness (QED) is 0.215. The summed E-state index contributed by atoms with van der Waals surface area (Å²) in [5.41, 5.74) is 4.94. The molecule has 0 amide bonds. The van der Waals surface area contributed by atoms with E-state index in [1.807, 2.05) is 0 Å². The predicted molar refractivity (Wildman–Crippen MR) is 155 cm³/mol. The van der Waals surface area contributed by atoms with Crippen LogP contribution in [0.2, 0.25) is 0 Å². The highest BCUT2D eigenvalue weighted by atomic mass is 33.1. The highest BCUT2D eigenvalue weighted by Crippen LogP contribution is 2.44. The minimum Gasteiger partial charge on any atom is -0.373 e. The minimum absolute atomic E-state index is 0.915. The van der Waals surface area contributed by atoms with E-state index < -0.39 is 17.6 Å². The highest BCUT2D eigenvalue weighted by Gasteiger charge is 2.44. The molecule has 0 aromatic heterocycles. The van der Waals surface area contributed by atoms with E-state index in [2.05, 4.69) is 52.0 Å². The molecule has 0 saturated heterocycles. The van der Waals surface area contributed by atoms with Crippen LogP contribution < -0.4 is 10.4 Å². The van der Waals surface area contributed by atoms with Crippen molar-refractivity contribution in [3.8, 4) is 0 Å². The molecule has 10 heteroatoms. The van der Waals surface area contributed by atoms with Crippen LogP contribution in [0.15, 0.2) is 34.1 Å². The van der Waals surface area contributed by atoms with Crippen molar-refractivity contribution in [1.29, 1.82) is 0 Å². The fourth-order valence-electron chi connectivity index (χ4n) is 4.54. The minimum atomic E-state index is -2.99. The van der Waals surface area contributed by atoms with Crippen LogP contribution in [0.1, 0.15) is 48.9 Å². The summed E-state index contributed by atoms with van der Waals surface area (Å²) in [5.74, 6) is 0. The van der Waals surface area contributed by atoms with E-state index in [0.29, 0.717) is 0 Å². The Balaban J connectivity index is 2.65. The molecule has 0 aliphatic carbocycles. The zero-order valence-electron chi connectivity index (χ0n) is 23.4. The van der Waals surface area contributed by atoms with E-state index in [9.17, 15) is 0 Å². The highest BCUT2D eigenvalue weighted by molar-refractivity contribution is 8.76. The molecule has 0 spiro atoms. The third-order valence-electron chi connectivity index (χ3n) is 6.40. The monoisotopic (exact) mass is 570 g/mol. The van der Waals surface area contributed by atoms with E-state index in [4.69, 9.17) is 26.6 Å². The summed E-state index contributed by atoms with van der Waals surface area (Å²) < 4.78 is 35.2. The topological polar surface area (TPSA) is 55.4 Å². The average Bonchev–Trinajstić information content (AvgIpc) is 2.89. The van der Waals surface area contributed by atoms with Gasteiger partial charge in [0.2, 0.25) is 0 Å². The fourth-order valence-corrected chi connectivity index (χ4v) is 11.9. The summed E-state index contributed by atoms with van der Waals surface area (Å²) in [6.45, 7) is 8.72. The molecule has 0 unspecified atom stereocenters. The van der Waals surface area contributed by atoms with Crippen LogP contribution in [-0.2, 0) is 39.4 Å². The molecule has 2 rings (SSSR count). The molecule has 0 bridgehead atoms. The van der Waals surface area contributed by atoms with Gasteiger partial charge in [-0.1, -0.05) is 72.5 Å². The molecule has 0 saturated carbocycles. The van der Waals surface area contributed by atoms with Gasteiger partial charge in [-0.25, -0.2) is 0 Å². The normalized spacial score (nSPS) is 12.4. The second kappa shape index (κ2) is 14.5. The molecule has 0 aliphatic heterocycles. The Hall–Kier alpha value is -0.666. The van der Waals surface area contributed by atoms with Crippen LogP contribution in [0, 0.1) is 13.8 Å². The Morgan fingerprint density at radius 3 is 1.11 bits per heavy atom. The SMILES string of the molecule is CCCc1c([Si](OC)(OC)OC)ccc(C)c1SSc1c(C)ccc([Si](OC)(OC)OC)c1CCC. The number of hydrogen-bond acceptors (Lipinski definition) is 8. The van der Waals surface area contributed by atoms with Gasteiger partial charge in [-0.05, 0) is 48.9 Å². The Bertz CT molecular complexity index is 901.